The third kappa shape index (κ3) is 4.44. The fourth-order valence-electron chi connectivity index (χ4n) is 3.51. The number of nitrogens with zero attached hydrogens (tertiary/aromatic N) is 2. The largest absolute Gasteiger partial charge is 0.454 e. The standard InChI is InChI=1S/C25H17F4N3O/c1-2-8-25(28,29)16-3-4-17(32-14-16)11-20-19-7-9-31-23(19)12-22(27)24(20)33-18-5-6-21(26)15(10-18)13-30/h2-7,9-10,12,14,31H,1,8,11H2. The van der Waals surface area contributed by atoms with Gasteiger partial charge in [-0.3, -0.25) is 4.98 Å². The molecule has 0 radical (unpaired) electrons. The fraction of sp³-hybridized carbons (Fsp3) is 0.120. The Morgan fingerprint density at radius 3 is 2.64 bits per heavy atom. The molecule has 4 nitrogen and oxygen atoms in total. The summed E-state index contributed by atoms with van der Waals surface area (Å²) >= 11 is 0. The van der Waals surface area contributed by atoms with Gasteiger partial charge in [-0.2, -0.15) is 5.26 Å². The zero-order chi connectivity index (χ0) is 23.6. The molecule has 0 unspecified atom stereocenters. The van der Waals surface area contributed by atoms with E-state index in [1.54, 1.807) is 18.3 Å². The summed E-state index contributed by atoms with van der Waals surface area (Å²) < 4.78 is 62.6. The summed E-state index contributed by atoms with van der Waals surface area (Å²) in [4.78, 5) is 7.06. The summed E-state index contributed by atoms with van der Waals surface area (Å²) in [6, 6.07) is 10.9. The lowest BCUT2D eigenvalue weighted by Crippen LogP contribution is -2.12. The van der Waals surface area contributed by atoms with Gasteiger partial charge in [-0.15, -0.1) is 6.58 Å². The van der Waals surface area contributed by atoms with E-state index in [4.69, 9.17) is 10.00 Å². The van der Waals surface area contributed by atoms with Crippen molar-refractivity contribution in [1.82, 2.24) is 9.97 Å². The number of allylic oxidation sites excluding steroid dienone is 1. The summed E-state index contributed by atoms with van der Waals surface area (Å²) in [6.45, 7) is 3.35. The first kappa shape index (κ1) is 22.1. The zero-order valence-corrected chi connectivity index (χ0v) is 17.2. The van der Waals surface area contributed by atoms with Crippen LogP contribution in [0.3, 0.4) is 0 Å². The number of pyridine rings is 1. The van der Waals surface area contributed by atoms with Crippen molar-refractivity contribution in [2.75, 3.05) is 0 Å². The molecule has 0 spiro atoms. The van der Waals surface area contributed by atoms with Gasteiger partial charge in [0, 0.05) is 65.1 Å². The summed E-state index contributed by atoms with van der Waals surface area (Å²) in [5, 5.41) is 9.70. The second-order valence-electron chi connectivity index (χ2n) is 7.37. The molecule has 1 N–H and O–H groups in total. The topological polar surface area (TPSA) is 61.7 Å². The van der Waals surface area contributed by atoms with Gasteiger partial charge in [0.2, 0.25) is 0 Å². The van der Waals surface area contributed by atoms with Gasteiger partial charge in [-0.05, 0) is 30.3 Å². The Labute approximate surface area is 186 Å². The maximum atomic E-state index is 15.0. The summed E-state index contributed by atoms with van der Waals surface area (Å²) in [5.74, 6) is -4.54. The molecule has 0 fully saturated rings. The Hall–Kier alpha value is -4.12. The van der Waals surface area contributed by atoms with Crippen LogP contribution < -0.4 is 4.74 Å². The third-order valence-electron chi connectivity index (χ3n) is 5.15. The quantitative estimate of drug-likeness (QED) is 0.249. The zero-order valence-electron chi connectivity index (χ0n) is 17.2. The van der Waals surface area contributed by atoms with Crippen molar-refractivity contribution in [3.05, 3.63) is 102 Å². The number of benzene rings is 2. The smallest absolute Gasteiger partial charge is 0.278 e. The van der Waals surface area contributed by atoms with Crippen LogP contribution in [0.5, 0.6) is 11.5 Å². The van der Waals surface area contributed by atoms with E-state index in [0.29, 0.717) is 22.2 Å². The summed E-state index contributed by atoms with van der Waals surface area (Å²) in [5.41, 5.74) is 0.870. The molecular formula is C25H17F4N3O. The van der Waals surface area contributed by atoms with Gasteiger partial charge in [0.05, 0.1) is 5.56 Å². The monoisotopic (exact) mass is 451 g/mol. The molecule has 0 atom stereocenters. The van der Waals surface area contributed by atoms with Crippen LogP contribution in [0, 0.1) is 23.0 Å². The number of H-pyrrole nitrogens is 1. The van der Waals surface area contributed by atoms with Crippen molar-refractivity contribution in [3.8, 4) is 17.6 Å². The van der Waals surface area contributed by atoms with E-state index < -0.39 is 24.0 Å². The molecule has 0 aliphatic heterocycles. The van der Waals surface area contributed by atoms with Gasteiger partial charge in [0.1, 0.15) is 17.6 Å². The Bertz CT molecular complexity index is 1370. The maximum absolute atomic E-state index is 15.0. The lowest BCUT2D eigenvalue weighted by atomic mass is 10.0. The molecule has 0 aliphatic carbocycles. The number of nitriles is 1. The Balaban J connectivity index is 1.73. The van der Waals surface area contributed by atoms with Gasteiger partial charge >= 0.3 is 0 Å². The SMILES string of the molecule is C=CCC(F)(F)c1ccc(Cc2c(Oc3ccc(F)c(C#N)c3)c(F)cc3[nH]ccc23)nc1. The molecule has 2 aromatic carbocycles. The lowest BCUT2D eigenvalue weighted by Gasteiger charge is -2.16. The van der Waals surface area contributed by atoms with Gasteiger partial charge in [0.15, 0.2) is 11.6 Å². The molecule has 0 bridgehead atoms. The van der Waals surface area contributed by atoms with Crippen LogP contribution in [-0.4, -0.2) is 9.97 Å². The highest BCUT2D eigenvalue weighted by Gasteiger charge is 2.30. The van der Waals surface area contributed by atoms with Crippen molar-refractivity contribution >= 4 is 10.9 Å². The maximum Gasteiger partial charge on any atom is 0.278 e. The van der Waals surface area contributed by atoms with Crippen molar-refractivity contribution < 1.29 is 22.3 Å². The van der Waals surface area contributed by atoms with Gasteiger partial charge in [0.25, 0.3) is 5.92 Å². The van der Waals surface area contributed by atoms with Crippen LogP contribution in [0.15, 0.2) is 67.5 Å². The molecule has 33 heavy (non-hydrogen) atoms. The highest BCUT2D eigenvalue weighted by molar-refractivity contribution is 5.86. The van der Waals surface area contributed by atoms with Crippen LogP contribution in [0.25, 0.3) is 10.9 Å². The molecule has 2 aromatic heterocycles. The summed E-state index contributed by atoms with van der Waals surface area (Å²) in [7, 11) is 0. The van der Waals surface area contributed by atoms with E-state index in [1.807, 2.05) is 0 Å². The van der Waals surface area contributed by atoms with E-state index in [9.17, 15) is 17.6 Å². The number of fused-ring (bicyclic) bond motifs is 1. The van der Waals surface area contributed by atoms with Crippen LogP contribution in [0.1, 0.15) is 28.8 Å². The van der Waals surface area contributed by atoms with Crippen molar-refractivity contribution in [2.24, 2.45) is 0 Å². The highest BCUT2D eigenvalue weighted by atomic mass is 19.3. The number of nitrogens with one attached hydrogen (secondary N) is 1. The number of hydrogen-bond donors (Lipinski definition) is 1. The fourth-order valence-corrected chi connectivity index (χ4v) is 3.51. The predicted octanol–water partition coefficient (Wildman–Crippen LogP) is 6.76. The molecule has 0 aliphatic rings. The molecule has 0 saturated carbocycles. The van der Waals surface area contributed by atoms with Crippen LogP contribution >= 0.6 is 0 Å². The summed E-state index contributed by atoms with van der Waals surface area (Å²) in [6.07, 6.45) is 3.44. The predicted molar refractivity (Wildman–Crippen MR) is 115 cm³/mol. The normalized spacial score (nSPS) is 11.4. The van der Waals surface area contributed by atoms with Crippen molar-refractivity contribution in [1.29, 1.82) is 5.26 Å². The molecule has 0 amide bonds. The van der Waals surface area contributed by atoms with Crippen LogP contribution in [-0.2, 0) is 12.3 Å². The minimum absolute atomic E-state index is 0.0790. The number of alkyl halides is 2. The average molecular weight is 451 g/mol. The molecule has 4 aromatic rings. The molecule has 4 rings (SSSR count). The Kier molecular flexibility index (Phi) is 5.88. The first-order chi connectivity index (χ1) is 15.8. The Morgan fingerprint density at radius 2 is 1.94 bits per heavy atom. The van der Waals surface area contributed by atoms with Gasteiger partial charge in [-0.25, -0.2) is 17.6 Å². The highest BCUT2D eigenvalue weighted by Crippen LogP contribution is 2.37. The molecule has 0 saturated heterocycles. The van der Waals surface area contributed by atoms with Gasteiger partial charge < -0.3 is 9.72 Å². The number of aromatic nitrogens is 2. The van der Waals surface area contributed by atoms with E-state index in [-0.39, 0.29) is 29.0 Å². The number of halogens is 4. The van der Waals surface area contributed by atoms with Crippen LogP contribution in [0.2, 0.25) is 0 Å². The van der Waals surface area contributed by atoms with E-state index in [2.05, 4.69) is 16.5 Å². The first-order valence-electron chi connectivity index (χ1n) is 9.92. The van der Waals surface area contributed by atoms with E-state index in [1.165, 1.54) is 30.3 Å². The molecule has 8 heteroatoms. The second kappa shape index (κ2) is 8.79. The molecule has 166 valence electrons. The minimum Gasteiger partial charge on any atom is -0.454 e. The lowest BCUT2D eigenvalue weighted by molar-refractivity contribution is -0.00121. The molecule has 2 heterocycles. The van der Waals surface area contributed by atoms with Crippen molar-refractivity contribution in [3.63, 3.8) is 0 Å². The minimum atomic E-state index is -3.09. The number of rotatable bonds is 7. The third-order valence-corrected chi connectivity index (χ3v) is 5.15. The number of ether oxygens (including phenoxy) is 1. The van der Waals surface area contributed by atoms with Gasteiger partial charge in [-0.1, -0.05) is 6.08 Å². The second-order valence-corrected chi connectivity index (χ2v) is 7.37. The van der Waals surface area contributed by atoms with E-state index >= 15 is 0 Å². The number of aromatic amines is 1. The first-order valence-corrected chi connectivity index (χ1v) is 9.92. The van der Waals surface area contributed by atoms with E-state index in [0.717, 1.165) is 18.3 Å². The Morgan fingerprint density at radius 1 is 1.12 bits per heavy atom. The molecular weight excluding hydrogens is 434 g/mol. The average Bonchev–Trinajstić information content (AvgIpc) is 3.25. The van der Waals surface area contributed by atoms with Crippen molar-refractivity contribution in [2.45, 2.75) is 18.8 Å². The number of hydrogen-bond acceptors (Lipinski definition) is 3. The van der Waals surface area contributed by atoms with Crippen LogP contribution in [0.4, 0.5) is 17.6 Å².